The number of anilines is 1. The van der Waals surface area contributed by atoms with Gasteiger partial charge in [-0.15, -0.1) is 0 Å². The maximum absolute atomic E-state index is 13.7. The fourth-order valence-corrected chi connectivity index (χ4v) is 3.34. The molecule has 0 aromatic heterocycles. The van der Waals surface area contributed by atoms with Gasteiger partial charge in [0.1, 0.15) is 5.82 Å². The van der Waals surface area contributed by atoms with Gasteiger partial charge in [-0.1, -0.05) is 20.8 Å². The average molecular weight is 302 g/mol. The summed E-state index contributed by atoms with van der Waals surface area (Å²) in [5.74, 6) is -0.611. The van der Waals surface area contributed by atoms with Crippen molar-refractivity contribution < 1.29 is 12.8 Å². The van der Waals surface area contributed by atoms with Gasteiger partial charge in [0.05, 0.1) is 4.90 Å². The standard InChI is InChI=1S/C14H23FN2O2S/c1-9-12(15)7-11(8-13(9)16)20(18,19)17(6)10(2)14(3,4)5/h7-8,10H,16H2,1-6H3. The first-order valence-corrected chi connectivity index (χ1v) is 7.86. The molecule has 0 fully saturated rings. The van der Waals surface area contributed by atoms with E-state index < -0.39 is 15.8 Å². The zero-order chi connectivity index (χ0) is 15.9. The molecule has 1 aromatic rings. The Balaban J connectivity index is 3.31. The Hall–Kier alpha value is -1.14. The van der Waals surface area contributed by atoms with E-state index in [-0.39, 0.29) is 27.6 Å². The Kier molecular flexibility index (Phi) is 4.51. The first kappa shape index (κ1) is 16.9. The van der Waals surface area contributed by atoms with Crippen LogP contribution in [0.1, 0.15) is 33.3 Å². The van der Waals surface area contributed by atoms with E-state index in [4.69, 9.17) is 5.73 Å². The fraction of sp³-hybridized carbons (Fsp3) is 0.571. The zero-order valence-corrected chi connectivity index (χ0v) is 13.7. The molecule has 0 saturated carbocycles. The van der Waals surface area contributed by atoms with Crippen LogP contribution in [0.5, 0.6) is 0 Å². The molecule has 6 heteroatoms. The van der Waals surface area contributed by atoms with Gasteiger partial charge < -0.3 is 5.73 Å². The molecule has 0 heterocycles. The molecule has 20 heavy (non-hydrogen) atoms. The van der Waals surface area contributed by atoms with Gasteiger partial charge in [-0.05, 0) is 31.4 Å². The highest BCUT2D eigenvalue weighted by Crippen LogP contribution is 2.29. The number of halogens is 1. The molecule has 0 aliphatic rings. The van der Waals surface area contributed by atoms with Gasteiger partial charge in [-0.2, -0.15) is 4.31 Å². The molecular weight excluding hydrogens is 279 g/mol. The summed E-state index contributed by atoms with van der Waals surface area (Å²) < 4.78 is 40.0. The van der Waals surface area contributed by atoms with E-state index >= 15 is 0 Å². The van der Waals surface area contributed by atoms with Crippen LogP contribution < -0.4 is 5.73 Å². The van der Waals surface area contributed by atoms with Crippen molar-refractivity contribution in [2.24, 2.45) is 5.41 Å². The molecule has 1 aromatic carbocycles. The maximum Gasteiger partial charge on any atom is 0.243 e. The molecule has 2 N–H and O–H groups in total. The first-order chi connectivity index (χ1) is 8.89. The van der Waals surface area contributed by atoms with Crippen LogP contribution in [0.3, 0.4) is 0 Å². The highest BCUT2D eigenvalue weighted by Gasteiger charge is 2.33. The molecule has 114 valence electrons. The number of rotatable bonds is 3. The number of nitrogens with zero attached hydrogens (tertiary/aromatic N) is 1. The van der Waals surface area contributed by atoms with Crippen LogP contribution in [-0.4, -0.2) is 25.8 Å². The zero-order valence-electron chi connectivity index (χ0n) is 12.9. The monoisotopic (exact) mass is 302 g/mol. The van der Waals surface area contributed by atoms with Gasteiger partial charge in [-0.3, -0.25) is 0 Å². The molecule has 1 rings (SSSR count). The summed E-state index contributed by atoms with van der Waals surface area (Å²) in [6.45, 7) is 9.20. The van der Waals surface area contributed by atoms with E-state index in [2.05, 4.69) is 0 Å². The second-order valence-corrected chi connectivity index (χ2v) is 8.18. The highest BCUT2D eigenvalue weighted by atomic mass is 32.2. The third kappa shape index (κ3) is 3.12. The maximum atomic E-state index is 13.7. The molecule has 0 spiro atoms. The minimum absolute atomic E-state index is 0.114. The molecule has 1 unspecified atom stereocenters. The predicted molar refractivity (Wildman–Crippen MR) is 79.4 cm³/mol. The summed E-state index contributed by atoms with van der Waals surface area (Å²) in [4.78, 5) is -0.114. The molecule has 0 aliphatic heterocycles. The molecule has 1 atom stereocenters. The van der Waals surface area contributed by atoms with Crippen LogP contribution in [-0.2, 0) is 10.0 Å². The van der Waals surface area contributed by atoms with E-state index in [1.54, 1.807) is 0 Å². The van der Waals surface area contributed by atoms with E-state index in [1.807, 2.05) is 27.7 Å². The minimum atomic E-state index is -3.77. The Morgan fingerprint density at radius 2 is 1.80 bits per heavy atom. The Morgan fingerprint density at radius 3 is 2.20 bits per heavy atom. The van der Waals surface area contributed by atoms with Crippen molar-refractivity contribution in [3.63, 3.8) is 0 Å². The lowest BCUT2D eigenvalue weighted by atomic mass is 9.88. The van der Waals surface area contributed by atoms with E-state index in [9.17, 15) is 12.8 Å². The number of nitrogen functional groups attached to an aromatic ring is 1. The van der Waals surface area contributed by atoms with Crippen LogP contribution in [0.25, 0.3) is 0 Å². The van der Waals surface area contributed by atoms with Crippen LogP contribution in [0.15, 0.2) is 17.0 Å². The molecule has 0 bridgehead atoms. The van der Waals surface area contributed by atoms with Crippen LogP contribution in [0.4, 0.5) is 10.1 Å². The summed E-state index contributed by atoms with van der Waals surface area (Å²) in [6.07, 6.45) is 0. The van der Waals surface area contributed by atoms with Crippen LogP contribution in [0, 0.1) is 18.2 Å². The van der Waals surface area contributed by atoms with Gasteiger partial charge in [-0.25, -0.2) is 12.8 Å². The second-order valence-electron chi connectivity index (χ2n) is 6.18. The molecule has 0 saturated heterocycles. The first-order valence-electron chi connectivity index (χ1n) is 6.42. The Bertz CT molecular complexity index is 583. The topological polar surface area (TPSA) is 63.4 Å². The fourth-order valence-electron chi connectivity index (χ4n) is 1.74. The summed E-state index contributed by atoms with van der Waals surface area (Å²) in [6, 6.07) is 2.09. The van der Waals surface area contributed by atoms with Crippen LogP contribution in [0.2, 0.25) is 0 Å². The van der Waals surface area contributed by atoms with Crippen molar-refractivity contribution in [2.75, 3.05) is 12.8 Å². The smallest absolute Gasteiger partial charge is 0.243 e. The number of sulfonamides is 1. The van der Waals surface area contributed by atoms with Crippen molar-refractivity contribution in [1.82, 2.24) is 4.31 Å². The summed E-state index contributed by atoms with van der Waals surface area (Å²) in [5.41, 5.74) is 5.83. The van der Waals surface area contributed by atoms with Crippen molar-refractivity contribution in [3.8, 4) is 0 Å². The highest BCUT2D eigenvalue weighted by molar-refractivity contribution is 7.89. The van der Waals surface area contributed by atoms with Gasteiger partial charge in [0.25, 0.3) is 0 Å². The van der Waals surface area contributed by atoms with E-state index in [1.165, 1.54) is 24.3 Å². The van der Waals surface area contributed by atoms with Gasteiger partial charge in [0.15, 0.2) is 0 Å². The number of hydrogen-bond donors (Lipinski definition) is 1. The SMILES string of the molecule is Cc1c(N)cc(S(=O)(=O)N(C)C(C)C(C)(C)C)cc1F. The average Bonchev–Trinajstić information content (AvgIpc) is 2.32. The summed E-state index contributed by atoms with van der Waals surface area (Å²) in [5, 5.41) is 0. The number of hydrogen-bond acceptors (Lipinski definition) is 3. The minimum Gasteiger partial charge on any atom is -0.398 e. The quantitative estimate of drug-likeness (QED) is 0.873. The number of nitrogens with two attached hydrogens (primary N) is 1. The molecular formula is C14H23FN2O2S. The van der Waals surface area contributed by atoms with Gasteiger partial charge in [0, 0.05) is 24.3 Å². The van der Waals surface area contributed by atoms with Gasteiger partial charge in [0.2, 0.25) is 10.0 Å². The predicted octanol–water partition coefficient (Wildman–Crippen LogP) is 2.77. The van der Waals surface area contributed by atoms with E-state index in [0.717, 1.165) is 6.07 Å². The number of benzene rings is 1. The van der Waals surface area contributed by atoms with Crippen LogP contribution >= 0.6 is 0 Å². The van der Waals surface area contributed by atoms with Crippen molar-refractivity contribution in [1.29, 1.82) is 0 Å². The Morgan fingerprint density at radius 1 is 1.30 bits per heavy atom. The lowest BCUT2D eigenvalue weighted by Gasteiger charge is -2.34. The third-order valence-corrected chi connectivity index (χ3v) is 5.74. The molecule has 0 radical (unpaired) electrons. The molecule has 0 aliphatic carbocycles. The lowest BCUT2D eigenvalue weighted by molar-refractivity contribution is 0.216. The third-order valence-electron chi connectivity index (χ3n) is 3.83. The van der Waals surface area contributed by atoms with Crippen molar-refractivity contribution in [2.45, 2.75) is 45.6 Å². The van der Waals surface area contributed by atoms with Crippen molar-refractivity contribution >= 4 is 15.7 Å². The second kappa shape index (κ2) is 5.33. The van der Waals surface area contributed by atoms with E-state index in [0.29, 0.717) is 0 Å². The summed E-state index contributed by atoms with van der Waals surface area (Å²) >= 11 is 0. The normalized spacial score (nSPS) is 14.6. The van der Waals surface area contributed by atoms with Gasteiger partial charge >= 0.3 is 0 Å². The lowest BCUT2D eigenvalue weighted by Crippen LogP contribution is -2.42. The summed E-state index contributed by atoms with van der Waals surface area (Å²) in [7, 11) is -2.27. The largest absolute Gasteiger partial charge is 0.398 e. The molecule has 0 amide bonds. The van der Waals surface area contributed by atoms with Crippen molar-refractivity contribution in [3.05, 3.63) is 23.5 Å². The molecule has 4 nitrogen and oxygen atoms in total. The Labute approximate surface area is 120 Å².